The molecular weight excluding hydrogens is 292 g/mol. The van der Waals surface area contributed by atoms with E-state index in [2.05, 4.69) is 33.5 Å². The van der Waals surface area contributed by atoms with Crippen LogP contribution in [0.25, 0.3) is 10.2 Å². The van der Waals surface area contributed by atoms with Crippen molar-refractivity contribution >= 4 is 38.0 Å². The normalized spacial score (nSPS) is 11.1. The van der Waals surface area contributed by atoms with E-state index in [9.17, 15) is 0 Å². The molecule has 0 fully saturated rings. The first kappa shape index (κ1) is 13.4. The highest BCUT2D eigenvalue weighted by molar-refractivity contribution is 7.22. The second-order valence-electron chi connectivity index (χ2n) is 4.37. The zero-order valence-corrected chi connectivity index (χ0v) is 12.6. The Morgan fingerprint density at radius 2 is 2.05 bits per heavy atom. The first-order valence-corrected chi connectivity index (χ1v) is 7.91. The van der Waals surface area contributed by atoms with Crippen LogP contribution in [-0.4, -0.2) is 26.8 Å². The van der Waals surface area contributed by atoms with Gasteiger partial charge in [0.1, 0.15) is 10.0 Å². The van der Waals surface area contributed by atoms with Crippen LogP contribution in [0.5, 0.6) is 0 Å². The first-order chi connectivity index (χ1) is 9.76. The van der Waals surface area contributed by atoms with Crippen molar-refractivity contribution in [3.8, 4) is 0 Å². The third kappa shape index (κ3) is 2.79. The molecule has 0 amide bonds. The Kier molecular flexibility index (Phi) is 3.90. The molecule has 2 aromatic heterocycles. The summed E-state index contributed by atoms with van der Waals surface area (Å²) in [6.07, 6.45) is 0.784. The van der Waals surface area contributed by atoms with Gasteiger partial charge in [-0.3, -0.25) is 0 Å². The number of aliphatic hydroxyl groups excluding tert-OH is 1. The predicted octanol–water partition coefficient (Wildman–Crippen LogP) is 2.60. The topological polar surface area (TPSA) is 70.9 Å². The van der Waals surface area contributed by atoms with Gasteiger partial charge < -0.3 is 10.4 Å². The number of aryl methyl sites for hydroxylation is 1. The number of aliphatic hydroxyl groups is 1. The molecule has 0 spiro atoms. The lowest BCUT2D eigenvalue weighted by molar-refractivity contribution is 0.280. The summed E-state index contributed by atoms with van der Waals surface area (Å²) in [6, 6.07) is 6.16. The Labute approximate surface area is 124 Å². The molecule has 0 atom stereocenters. The van der Waals surface area contributed by atoms with Crippen LogP contribution in [0.15, 0.2) is 18.2 Å². The van der Waals surface area contributed by atoms with Crippen LogP contribution in [-0.2, 0) is 13.0 Å². The molecule has 0 aliphatic rings. The van der Waals surface area contributed by atoms with E-state index in [-0.39, 0.29) is 6.61 Å². The summed E-state index contributed by atoms with van der Waals surface area (Å²) in [5, 5.41) is 22.7. The van der Waals surface area contributed by atoms with E-state index in [0.717, 1.165) is 28.6 Å². The number of anilines is 1. The van der Waals surface area contributed by atoms with Crippen LogP contribution in [0, 0.1) is 6.92 Å². The van der Waals surface area contributed by atoms with Gasteiger partial charge in [0.05, 0.1) is 16.8 Å². The number of hydrogen-bond donors (Lipinski definition) is 2. The van der Waals surface area contributed by atoms with Crippen molar-refractivity contribution in [2.75, 3.05) is 11.9 Å². The van der Waals surface area contributed by atoms with E-state index in [0.29, 0.717) is 5.01 Å². The molecule has 0 unspecified atom stereocenters. The number of nitrogens with one attached hydrogen (secondary N) is 1. The van der Waals surface area contributed by atoms with Crippen LogP contribution in [0.4, 0.5) is 5.13 Å². The summed E-state index contributed by atoms with van der Waals surface area (Å²) in [5.41, 5.74) is 2.29. The van der Waals surface area contributed by atoms with Gasteiger partial charge in [-0.05, 0) is 18.6 Å². The van der Waals surface area contributed by atoms with E-state index in [1.54, 1.807) is 11.3 Å². The van der Waals surface area contributed by atoms with Crippen molar-refractivity contribution in [2.24, 2.45) is 0 Å². The second kappa shape index (κ2) is 5.82. The molecule has 0 aliphatic heterocycles. The number of rotatable bonds is 5. The standard InChI is InChI=1S/C13H14N4OS2/c1-8-3-2-4-9-12(8)20-13(15-9)14-6-5-10-16-17-11(7-18)19-10/h2-4,18H,5-7H2,1H3,(H,14,15). The van der Waals surface area contributed by atoms with Gasteiger partial charge in [0, 0.05) is 13.0 Å². The molecule has 0 radical (unpaired) electrons. The second-order valence-corrected chi connectivity index (χ2v) is 6.51. The van der Waals surface area contributed by atoms with Crippen LogP contribution in [0.1, 0.15) is 15.6 Å². The fourth-order valence-corrected chi connectivity index (χ4v) is 3.55. The van der Waals surface area contributed by atoms with E-state index in [4.69, 9.17) is 5.11 Å². The van der Waals surface area contributed by atoms with Gasteiger partial charge in [-0.2, -0.15) is 0 Å². The van der Waals surface area contributed by atoms with E-state index >= 15 is 0 Å². The molecule has 5 nitrogen and oxygen atoms in total. The highest BCUT2D eigenvalue weighted by Crippen LogP contribution is 2.28. The molecule has 0 saturated heterocycles. The van der Waals surface area contributed by atoms with Gasteiger partial charge >= 0.3 is 0 Å². The lowest BCUT2D eigenvalue weighted by Gasteiger charge is -1.98. The van der Waals surface area contributed by atoms with Gasteiger partial charge in [0.25, 0.3) is 0 Å². The third-order valence-electron chi connectivity index (χ3n) is 2.87. The third-order valence-corrected chi connectivity index (χ3v) is 5.00. The Bertz CT molecular complexity index is 722. The molecule has 104 valence electrons. The molecule has 20 heavy (non-hydrogen) atoms. The molecule has 3 aromatic rings. The number of fused-ring (bicyclic) bond motifs is 1. The molecule has 2 heterocycles. The zero-order chi connectivity index (χ0) is 13.9. The minimum Gasteiger partial charge on any atom is -0.389 e. The number of nitrogens with zero attached hydrogens (tertiary/aromatic N) is 3. The molecule has 7 heteroatoms. The average Bonchev–Trinajstić information content (AvgIpc) is 3.06. The molecule has 3 rings (SSSR count). The molecule has 1 aromatic carbocycles. The lowest BCUT2D eigenvalue weighted by atomic mass is 10.2. The fourth-order valence-electron chi connectivity index (χ4n) is 1.89. The fraction of sp³-hybridized carbons (Fsp3) is 0.308. The number of hydrogen-bond acceptors (Lipinski definition) is 7. The van der Waals surface area contributed by atoms with Gasteiger partial charge in [-0.25, -0.2) is 4.98 Å². The van der Waals surface area contributed by atoms with E-state index in [1.807, 2.05) is 12.1 Å². The largest absolute Gasteiger partial charge is 0.389 e. The number of thiazole rings is 1. The maximum absolute atomic E-state index is 8.94. The summed E-state index contributed by atoms with van der Waals surface area (Å²) in [6.45, 7) is 2.82. The lowest BCUT2D eigenvalue weighted by Crippen LogP contribution is -2.04. The van der Waals surface area contributed by atoms with Gasteiger partial charge in [0.15, 0.2) is 5.13 Å². The molecular formula is C13H14N4OS2. The van der Waals surface area contributed by atoms with Crippen LogP contribution in [0.3, 0.4) is 0 Å². The van der Waals surface area contributed by atoms with Crippen LogP contribution >= 0.6 is 22.7 Å². The van der Waals surface area contributed by atoms with Crippen molar-refractivity contribution in [1.29, 1.82) is 0 Å². The van der Waals surface area contributed by atoms with Crippen molar-refractivity contribution in [3.05, 3.63) is 33.8 Å². The van der Waals surface area contributed by atoms with Crippen LogP contribution < -0.4 is 5.32 Å². The monoisotopic (exact) mass is 306 g/mol. The first-order valence-electron chi connectivity index (χ1n) is 6.28. The summed E-state index contributed by atoms with van der Waals surface area (Å²) >= 11 is 3.12. The SMILES string of the molecule is Cc1cccc2nc(NCCc3nnc(CO)s3)sc12. The van der Waals surface area contributed by atoms with Crippen molar-refractivity contribution in [2.45, 2.75) is 20.0 Å². The summed E-state index contributed by atoms with van der Waals surface area (Å²) < 4.78 is 1.23. The highest BCUT2D eigenvalue weighted by atomic mass is 32.1. The van der Waals surface area contributed by atoms with Crippen LogP contribution in [0.2, 0.25) is 0 Å². The smallest absolute Gasteiger partial charge is 0.183 e. The molecule has 0 aliphatic carbocycles. The minimum atomic E-state index is -0.0394. The van der Waals surface area contributed by atoms with Gasteiger partial charge in [0.2, 0.25) is 0 Å². The number of benzene rings is 1. The van der Waals surface area contributed by atoms with Gasteiger partial charge in [-0.1, -0.05) is 34.8 Å². The Balaban J connectivity index is 1.63. The van der Waals surface area contributed by atoms with Crippen molar-refractivity contribution < 1.29 is 5.11 Å². The highest BCUT2D eigenvalue weighted by Gasteiger charge is 2.06. The quantitative estimate of drug-likeness (QED) is 0.758. The summed E-state index contributed by atoms with van der Waals surface area (Å²) in [7, 11) is 0. The minimum absolute atomic E-state index is 0.0394. The maximum atomic E-state index is 8.94. The summed E-state index contributed by atoms with van der Waals surface area (Å²) in [5.74, 6) is 0. The predicted molar refractivity (Wildman–Crippen MR) is 82.4 cm³/mol. The Hall–Kier alpha value is -1.57. The molecule has 2 N–H and O–H groups in total. The van der Waals surface area contributed by atoms with Crippen molar-refractivity contribution in [1.82, 2.24) is 15.2 Å². The molecule has 0 saturated carbocycles. The van der Waals surface area contributed by atoms with E-state index in [1.165, 1.54) is 21.6 Å². The Morgan fingerprint density at radius 1 is 1.20 bits per heavy atom. The number of aromatic nitrogens is 3. The maximum Gasteiger partial charge on any atom is 0.183 e. The Morgan fingerprint density at radius 3 is 2.80 bits per heavy atom. The summed E-state index contributed by atoms with van der Waals surface area (Å²) in [4.78, 5) is 4.56. The van der Waals surface area contributed by atoms with E-state index < -0.39 is 0 Å². The van der Waals surface area contributed by atoms with Crippen molar-refractivity contribution in [3.63, 3.8) is 0 Å². The van der Waals surface area contributed by atoms with Gasteiger partial charge in [-0.15, -0.1) is 10.2 Å². The molecule has 0 bridgehead atoms. The average molecular weight is 306 g/mol. The zero-order valence-electron chi connectivity index (χ0n) is 11.0.